The van der Waals surface area contributed by atoms with Crippen molar-refractivity contribution in [1.82, 2.24) is 9.80 Å². The fraction of sp³-hybridized carbons (Fsp3) is 0.800. The van der Waals surface area contributed by atoms with E-state index in [1.807, 2.05) is 38.0 Å². The number of ether oxygens (including phenoxy) is 1. The van der Waals surface area contributed by atoms with Crippen LogP contribution in [0.25, 0.3) is 0 Å². The van der Waals surface area contributed by atoms with Crippen LogP contribution < -0.4 is 0 Å². The van der Waals surface area contributed by atoms with Crippen molar-refractivity contribution in [2.75, 3.05) is 41.8 Å². The van der Waals surface area contributed by atoms with E-state index in [4.69, 9.17) is 0 Å². The third-order valence-electron chi connectivity index (χ3n) is 1.91. The fourth-order valence-electron chi connectivity index (χ4n) is 1.18. The maximum Gasteiger partial charge on any atom is 0.310 e. The molecule has 0 aliphatic carbocycles. The second-order valence-electron chi connectivity index (χ2n) is 3.85. The minimum Gasteiger partial charge on any atom is -0.469 e. The second-order valence-corrected chi connectivity index (χ2v) is 3.85. The molecule has 0 saturated heterocycles. The zero-order chi connectivity index (χ0) is 12.0. The standard InChI is InChI=1S/C10H21N3O2/c1-8(9(14)15-6)7-11-10(12(2)3)13(4)5/h8H,7H2,1-6H3. The van der Waals surface area contributed by atoms with Gasteiger partial charge in [0.05, 0.1) is 19.6 Å². The van der Waals surface area contributed by atoms with E-state index in [2.05, 4.69) is 9.73 Å². The van der Waals surface area contributed by atoms with Crippen molar-refractivity contribution in [2.24, 2.45) is 10.9 Å². The summed E-state index contributed by atoms with van der Waals surface area (Å²) in [5.41, 5.74) is 0. The van der Waals surface area contributed by atoms with Crippen molar-refractivity contribution in [3.63, 3.8) is 0 Å². The number of esters is 1. The van der Waals surface area contributed by atoms with E-state index in [0.29, 0.717) is 6.54 Å². The molecule has 0 rings (SSSR count). The molecule has 1 unspecified atom stereocenters. The van der Waals surface area contributed by atoms with E-state index in [9.17, 15) is 4.79 Å². The molecule has 0 saturated carbocycles. The van der Waals surface area contributed by atoms with Gasteiger partial charge in [-0.05, 0) is 0 Å². The van der Waals surface area contributed by atoms with Crippen molar-refractivity contribution in [1.29, 1.82) is 0 Å². The molecular formula is C10H21N3O2. The lowest BCUT2D eigenvalue weighted by molar-refractivity contribution is -0.144. The Morgan fingerprint density at radius 2 is 1.73 bits per heavy atom. The van der Waals surface area contributed by atoms with Gasteiger partial charge in [-0.2, -0.15) is 0 Å². The van der Waals surface area contributed by atoms with E-state index < -0.39 is 0 Å². The van der Waals surface area contributed by atoms with Crippen molar-refractivity contribution in [3.8, 4) is 0 Å². The first kappa shape index (κ1) is 13.7. The molecule has 88 valence electrons. The topological polar surface area (TPSA) is 45.1 Å². The monoisotopic (exact) mass is 215 g/mol. The number of methoxy groups -OCH3 is 1. The predicted molar refractivity (Wildman–Crippen MR) is 60.9 cm³/mol. The van der Waals surface area contributed by atoms with Crippen molar-refractivity contribution >= 4 is 11.9 Å². The van der Waals surface area contributed by atoms with Crippen LogP contribution in [-0.2, 0) is 9.53 Å². The first-order chi connectivity index (χ1) is 6.90. The zero-order valence-corrected chi connectivity index (χ0v) is 10.4. The third-order valence-corrected chi connectivity index (χ3v) is 1.91. The summed E-state index contributed by atoms with van der Waals surface area (Å²) in [7, 11) is 9.06. The van der Waals surface area contributed by atoms with Crippen LogP contribution in [0, 0.1) is 5.92 Å². The number of nitrogens with zero attached hydrogens (tertiary/aromatic N) is 3. The molecule has 0 amide bonds. The fourth-order valence-corrected chi connectivity index (χ4v) is 1.18. The second kappa shape index (κ2) is 6.27. The molecule has 0 aliphatic heterocycles. The normalized spacial score (nSPS) is 11.6. The number of rotatable bonds is 3. The lowest BCUT2D eigenvalue weighted by atomic mass is 10.2. The molecule has 0 spiro atoms. The van der Waals surface area contributed by atoms with Crippen LogP contribution in [0.15, 0.2) is 4.99 Å². The number of hydrogen-bond donors (Lipinski definition) is 0. The van der Waals surface area contributed by atoms with E-state index in [0.717, 1.165) is 5.96 Å². The first-order valence-corrected chi connectivity index (χ1v) is 4.87. The summed E-state index contributed by atoms with van der Waals surface area (Å²) in [5.74, 6) is 0.409. The smallest absolute Gasteiger partial charge is 0.310 e. The number of aliphatic imine (C=N–C) groups is 1. The average Bonchev–Trinajstić information content (AvgIpc) is 2.15. The summed E-state index contributed by atoms with van der Waals surface area (Å²) in [6.07, 6.45) is 0. The summed E-state index contributed by atoms with van der Waals surface area (Å²) < 4.78 is 4.63. The SMILES string of the molecule is COC(=O)C(C)CN=C(N(C)C)N(C)C. The largest absolute Gasteiger partial charge is 0.469 e. The summed E-state index contributed by atoms with van der Waals surface area (Å²) >= 11 is 0. The highest BCUT2D eigenvalue weighted by molar-refractivity contribution is 5.79. The maximum atomic E-state index is 11.1. The lowest BCUT2D eigenvalue weighted by Crippen LogP contribution is -2.36. The van der Waals surface area contributed by atoms with Crippen LogP contribution in [0.4, 0.5) is 0 Å². The van der Waals surface area contributed by atoms with Gasteiger partial charge in [-0.25, -0.2) is 0 Å². The van der Waals surface area contributed by atoms with E-state index in [1.165, 1.54) is 7.11 Å². The van der Waals surface area contributed by atoms with E-state index in [-0.39, 0.29) is 11.9 Å². The van der Waals surface area contributed by atoms with Crippen molar-refractivity contribution in [3.05, 3.63) is 0 Å². The minimum absolute atomic E-state index is 0.204. The summed E-state index contributed by atoms with van der Waals surface area (Å²) in [6.45, 7) is 2.25. The van der Waals surface area contributed by atoms with Crippen LogP contribution in [0.2, 0.25) is 0 Å². The maximum absolute atomic E-state index is 11.1. The Morgan fingerprint density at radius 1 is 1.27 bits per heavy atom. The number of guanidine groups is 1. The molecule has 15 heavy (non-hydrogen) atoms. The predicted octanol–water partition coefficient (Wildman–Crippen LogP) is 0.275. The highest BCUT2D eigenvalue weighted by Gasteiger charge is 2.13. The van der Waals surface area contributed by atoms with Gasteiger partial charge in [-0.3, -0.25) is 9.79 Å². The van der Waals surface area contributed by atoms with Crippen LogP contribution in [0.1, 0.15) is 6.92 Å². The van der Waals surface area contributed by atoms with Crippen LogP contribution in [-0.4, -0.2) is 63.6 Å². The minimum atomic E-state index is -0.226. The molecule has 1 atom stereocenters. The molecular weight excluding hydrogens is 194 g/mol. The van der Waals surface area contributed by atoms with Gasteiger partial charge in [0.25, 0.3) is 0 Å². The molecule has 0 aromatic carbocycles. The molecule has 0 N–H and O–H groups in total. The summed E-state index contributed by atoms with van der Waals surface area (Å²) in [4.78, 5) is 19.3. The van der Waals surface area contributed by atoms with Crippen LogP contribution in [0.3, 0.4) is 0 Å². The van der Waals surface area contributed by atoms with Gasteiger partial charge in [-0.1, -0.05) is 6.92 Å². The molecule has 0 bridgehead atoms. The Bertz CT molecular complexity index is 227. The van der Waals surface area contributed by atoms with Gasteiger partial charge in [0.1, 0.15) is 0 Å². The molecule has 0 aliphatic rings. The molecule has 5 nitrogen and oxygen atoms in total. The summed E-state index contributed by atoms with van der Waals surface area (Å²) in [6, 6.07) is 0. The van der Waals surface area contributed by atoms with Crippen LogP contribution >= 0.6 is 0 Å². The van der Waals surface area contributed by atoms with E-state index >= 15 is 0 Å². The van der Waals surface area contributed by atoms with Gasteiger partial charge in [0.15, 0.2) is 5.96 Å². The Morgan fingerprint density at radius 3 is 2.07 bits per heavy atom. The average molecular weight is 215 g/mol. The van der Waals surface area contributed by atoms with Gasteiger partial charge < -0.3 is 14.5 Å². The molecule has 0 radical (unpaired) electrons. The zero-order valence-electron chi connectivity index (χ0n) is 10.4. The van der Waals surface area contributed by atoms with Gasteiger partial charge in [-0.15, -0.1) is 0 Å². The lowest BCUT2D eigenvalue weighted by Gasteiger charge is -2.23. The number of hydrogen-bond acceptors (Lipinski definition) is 3. The first-order valence-electron chi connectivity index (χ1n) is 4.87. The molecule has 0 fully saturated rings. The third kappa shape index (κ3) is 4.67. The Kier molecular flexibility index (Phi) is 5.74. The Hall–Kier alpha value is -1.26. The molecule has 0 aromatic rings. The van der Waals surface area contributed by atoms with Crippen molar-refractivity contribution in [2.45, 2.75) is 6.92 Å². The molecule has 0 aromatic heterocycles. The Labute approximate surface area is 91.7 Å². The Balaban J connectivity index is 4.40. The number of carbonyl (C=O) groups excluding carboxylic acids is 1. The molecule has 5 heteroatoms. The van der Waals surface area contributed by atoms with Gasteiger partial charge >= 0.3 is 5.97 Å². The molecule has 0 heterocycles. The highest BCUT2D eigenvalue weighted by atomic mass is 16.5. The number of carbonyl (C=O) groups is 1. The highest BCUT2D eigenvalue weighted by Crippen LogP contribution is 2.00. The van der Waals surface area contributed by atoms with Crippen LogP contribution in [0.5, 0.6) is 0 Å². The quantitative estimate of drug-likeness (QED) is 0.385. The van der Waals surface area contributed by atoms with Gasteiger partial charge in [0.2, 0.25) is 0 Å². The van der Waals surface area contributed by atoms with Crippen molar-refractivity contribution < 1.29 is 9.53 Å². The van der Waals surface area contributed by atoms with E-state index in [1.54, 1.807) is 6.92 Å². The summed E-state index contributed by atoms with van der Waals surface area (Å²) in [5, 5.41) is 0. The van der Waals surface area contributed by atoms with Gasteiger partial charge in [0, 0.05) is 28.2 Å².